The Morgan fingerprint density at radius 3 is 2.27 bits per heavy atom. The van der Waals surface area contributed by atoms with Gasteiger partial charge in [0, 0.05) is 18.8 Å². The van der Waals surface area contributed by atoms with Crippen LogP contribution < -0.4 is 0 Å². The van der Waals surface area contributed by atoms with E-state index in [1.807, 2.05) is 13.8 Å². The number of ether oxygens (including phenoxy) is 2. The van der Waals surface area contributed by atoms with E-state index >= 15 is 0 Å². The Labute approximate surface area is 95.0 Å². The highest BCUT2D eigenvalue weighted by molar-refractivity contribution is 6.13. The number of rotatable bonds is 5. The molecule has 84 valence electrons. The van der Waals surface area contributed by atoms with Crippen molar-refractivity contribution in [3.8, 4) is 0 Å². The zero-order chi connectivity index (χ0) is 11.3. The fraction of sp³-hybridized carbons (Fsp3) is 0.500. The molecular formula is C12H20O2Si. The topological polar surface area (TPSA) is 18.5 Å². The van der Waals surface area contributed by atoms with Crippen LogP contribution in [0.1, 0.15) is 25.0 Å². The standard InChI is InChI=1S/C12H20O2Si/c1-4-13-12(15,14-5-2)11-8-6-7-10(3)9-11/h6-9H,4-5H2,1-3,15H3. The first kappa shape index (κ1) is 12.4. The maximum atomic E-state index is 5.75. The minimum atomic E-state index is -0.477. The lowest BCUT2D eigenvalue weighted by atomic mass is 10.1. The fourth-order valence-electron chi connectivity index (χ4n) is 1.69. The third kappa shape index (κ3) is 3.16. The summed E-state index contributed by atoms with van der Waals surface area (Å²) >= 11 is 0. The minimum absolute atomic E-state index is 0.477. The summed E-state index contributed by atoms with van der Waals surface area (Å²) in [4.78, 5) is 0. The van der Waals surface area contributed by atoms with E-state index in [1.54, 1.807) is 0 Å². The van der Waals surface area contributed by atoms with Gasteiger partial charge in [0.1, 0.15) is 0 Å². The average Bonchev–Trinajstić information content (AvgIpc) is 2.18. The van der Waals surface area contributed by atoms with Gasteiger partial charge in [-0.1, -0.05) is 29.8 Å². The highest BCUT2D eigenvalue weighted by Crippen LogP contribution is 2.24. The van der Waals surface area contributed by atoms with Crippen LogP contribution in [0.5, 0.6) is 0 Å². The van der Waals surface area contributed by atoms with Gasteiger partial charge in [-0.3, -0.25) is 0 Å². The Hall–Kier alpha value is -0.643. The third-order valence-electron chi connectivity index (χ3n) is 2.38. The van der Waals surface area contributed by atoms with Crippen molar-refractivity contribution in [3.05, 3.63) is 35.4 Å². The first-order valence-electron chi connectivity index (χ1n) is 5.47. The molecule has 1 rings (SSSR count). The summed E-state index contributed by atoms with van der Waals surface area (Å²) < 4.78 is 11.5. The normalized spacial score (nSPS) is 11.9. The van der Waals surface area contributed by atoms with Crippen LogP contribution in [0.4, 0.5) is 0 Å². The molecule has 0 heterocycles. The Morgan fingerprint density at radius 1 is 1.20 bits per heavy atom. The molecule has 0 atom stereocenters. The van der Waals surface area contributed by atoms with Gasteiger partial charge in [-0.15, -0.1) is 0 Å². The summed E-state index contributed by atoms with van der Waals surface area (Å²) in [6.07, 6.45) is 0. The van der Waals surface area contributed by atoms with Crippen molar-refractivity contribution < 1.29 is 9.47 Å². The quantitative estimate of drug-likeness (QED) is 0.558. The second kappa shape index (κ2) is 5.44. The molecule has 0 radical (unpaired) electrons. The predicted molar refractivity (Wildman–Crippen MR) is 66.0 cm³/mol. The van der Waals surface area contributed by atoms with Gasteiger partial charge in [0.2, 0.25) is 0 Å². The lowest BCUT2D eigenvalue weighted by Gasteiger charge is -2.30. The second-order valence-corrected chi connectivity index (χ2v) is 5.00. The largest absolute Gasteiger partial charge is 0.351 e. The molecule has 0 saturated heterocycles. The minimum Gasteiger partial charge on any atom is -0.351 e. The average molecular weight is 224 g/mol. The molecule has 0 aliphatic carbocycles. The fourth-order valence-corrected chi connectivity index (χ4v) is 2.58. The van der Waals surface area contributed by atoms with Crippen LogP contribution in [0.25, 0.3) is 0 Å². The van der Waals surface area contributed by atoms with E-state index in [-0.39, 0.29) is 0 Å². The van der Waals surface area contributed by atoms with Crippen molar-refractivity contribution >= 4 is 10.2 Å². The van der Waals surface area contributed by atoms with Gasteiger partial charge in [0.05, 0.1) is 10.2 Å². The van der Waals surface area contributed by atoms with Crippen molar-refractivity contribution in [3.63, 3.8) is 0 Å². The zero-order valence-electron chi connectivity index (χ0n) is 10.0. The molecule has 15 heavy (non-hydrogen) atoms. The van der Waals surface area contributed by atoms with Gasteiger partial charge in [0.15, 0.2) is 5.41 Å². The van der Waals surface area contributed by atoms with Gasteiger partial charge in [-0.2, -0.15) is 0 Å². The summed E-state index contributed by atoms with van der Waals surface area (Å²) in [6.45, 7) is 7.45. The first-order valence-corrected chi connectivity index (χ1v) is 6.47. The van der Waals surface area contributed by atoms with Crippen LogP contribution in [0.15, 0.2) is 24.3 Å². The third-order valence-corrected chi connectivity index (χ3v) is 3.54. The van der Waals surface area contributed by atoms with Crippen LogP contribution in [0, 0.1) is 6.92 Å². The molecule has 1 aromatic rings. The first-order chi connectivity index (χ1) is 7.12. The summed E-state index contributed by atoms with van der Waals surface area (Å²) in [6, 6.07) is 8.35. The SMILES string of the molecule is CCOC([SiH3])(OCC)c1cccc(C)c1. The smallest absolute Gasteiger partial charge is 0.166 e. The molecule has 3 heteroatoms. The van der Waals surface area contributed by atoms with Gasteiger partial charge >= 0.3 is 0 Å². The molecule has 0 aromatic heterocycles. The van der Waals surface area contributed by atoms with Gasteiger partial charge in [-0.05, 0) is 20.8 Å². The molecule has 0 spiro atoms. The molecular weight excluding hydrogens is 204 g/mol. The Balaban J connectivity index is 2.97. The zero-order valence-corrected chi connectivity index (χ0v) is 12.0. The molecule has 0 unspecified atom stereocenters. The molecule has 1 aromatic carbocycles. The molecule has 0 aliphatic rings. The summed E-state index contributed by atoms with van der Waals surface area (Å²) in [5.41, 5.74) is 1.90. The van der Waals surface area contributed by atoms with Crippen LogP contribution in [-0.4, -0.2) is 23.5 Å². The van der Waals surface area contributed by atoms with Crippen LogP contribution in [-0.2, 0) is 14.9 Å². The molecule has 0 aliphatic heterocycles. The van der Waals surface area contributed by atoms with Crippen molar-refractivity contribution in [1.29, 1.82) is 0 Å². The van der Waals surface area contributed by atoms with Crippen LogP contribution in [0.2, 0.25) is 0 Å². The van der Waals surface area contributed by atoms with E-state index in [1.165, 1.54) is 5.56 Å². The lowest BCUT2D eigenvalue weighted by Crippen LogP contribution is -2.33. The summed E-state index contributed by atoms with van der Waals surface area (Å²) in [7, 11) is 0.829. The maximum absolute atomic E-state index is 5.75. The highest BCUT2D eigenvalue weighted by atomic mass is 28.1. The highest BCUT2D eigenvalue weighted by Gasteiger charge is 2.26. The molecule has 2 nitrogen and oxygen atoms in total. The van der Waals surface area contributed by atoms with Crippen molar-refractivity contribution in [2.45, 2.75) is 26.2 Å². The molecule has 0 saturated carbocycles. The summed E-state index contributed by atoms with van der Waals surface area (Å²) in [5, 5.41) is 0. The van der Waals surface area contributed by atoms with Gasteiger partial charge in [0.25, 0.3) is 0 Å². The maximum Gasteiger partial charge on any atom is 0.166 e. The monoisotopic (exact) mass is 224 g/mol. The Morgan fingerprint density at radius 2 is 1.80 bits per heavy atom. The second-order valence-electron chi connectivity index (χ2n) is 3.68. The summed E-state index contributed by atoms with van der Waals surface area (Å²) in [5.74, 6) is 0. The van der Waals surface area contributed by atoms with E-state index in [4.69, 9.17) is 9.47 Å². The number of hydrogen-bond acceptors (Lipinski definition) is 2. The van der Waals surface area contributed by atoms with E-state index in [2.05, 4.69) is 31.2 Å². The van der Waals surface area contributed by atoms with E-state index in [0.717, 1.165) is 15.8 Å². The van der Waals surface area contributed by atoms with Gasteiger partial charge < -0.3 is 9.47 Å². The molecule has 0 fully saturated rings. The van der Waals surface area contributed by atoms with Gasteiger partial charge in [-0.25, -0.2) is 0 Å². The van der Waals surface area contributed by atoms with E-state index < -0.39 is 5.41 Å². The van der Waals surface area contributed by atoms with Crippen molar-refractivity contribution in [2.75, 3.05) is 13.2 Å². The number of aryl methyl sites for hydroxylation is 1. The van der Waals surface area contributed by atoms with E-state index in [9.17, 15) is 0 Å². The number of benzene rings is 1. The van der Waals surface area contributed by atoms with Crippen LogP contribution >= 0.6 is 0 Å². The van der Waals surface area contributed by atoms with Crippen LogP contribution in [0.3, 0.4) is 0 Å². The van der Waals surface area contributed by atoms with E-state index in [0.29, 0.717) is 13.2 Å². The number of hydrogen-bond donors (Lipinski definition) is 0. The molecule has 0 N–H and O–H groups in total. The van der Waals surface area contributed by atoms with Crippen molar-refractivity contribution in [1.82, 2.24) is 0 Å². The lowest BCUT2D eigenvalue weighted by molar-refractivity contribution is -0.180. The predicted octanol–water partition coefficient (Wildman–Crippen LogP) is 1.54. The van der Waals surface area contributed by atoms with Crippen molar-refractivity contribution in [2.24, 2.45) is 0 Å². The Kier molecular flexibility index (Phi) is 4.51. The molecule has 0 amide bonds. The Bertz CT molecular complexity index is 306. The molecule has 0 bridgehead atoms.